The fourth-order valence-electron chi connectivity index (χ4n) is 2.84. The number of halogens is 1. The van der Waals surface area contributed by atoms with Crippen LogP contribution < -0.4 is 5.32 Å². The van der Waals surface area contributed by atoms with Crippen molar-refractivity contribution in [2.45, 2.75) is 5.16 Å². The molecule has 0 spiro atoms. The molecule has 30 heavy (non-hydrogen) atoms. The van der Waals surface area contributed by atoms with Crippen LogP contribution in [0.25, 0.3) is 22.5 Å². The van der Waals surface area contributed by atoms with Crippen molar-refractivity contribution < 1.29 is 9.18 Å². The predicted molar refractivity (Wildman–Crippen MR) is 116 cm³/mol. The normalized spacial score (nSPS) is 10.6. The van der Waals surface area contributed by atoms with Gasteiger partial charge in [0.25, 0.3) is 0 Å². The molecule has 0 unspecified atom stereocenters. The van der Waals surface area contributed by atoms with Gasteiger partial charge in [-0.05, 0) is 12.1 Å². The van der Waals surface area contributed by atoms with Crippen molar-refractivity contribution in [3.05, 3.63) is 90.7 Å². The molecule has 1 heterocycles. The monoisotopic (exact) mass is 416 g/mol. The van der Waals surface area contributed by atoms with E-state index in [-0.39, 0.29) is 17.3 Å². The maximum atomic E-state index is 13.7. The predicted octanol–water partition coefficient (Wildman–Crippen LogP) is 5.08. The quantitative estimate of drug-likeness (QED) is 0.444. The zero-order valence-corrected chi connectivity index (χ0v) is 16.6. The Morgan fingerprint density at radius 3 is 2.07 bits per heavy atom. The molecule has 1 aromatic heterocycles. The molecule has 7 heteroatoms. The molecule has 0 saturated heterocycles. The van der Waals surface area contributed by atoms with Gasteiger partial charge in [-0.2, -0.15) is 0 Å². The van der Waals surface area contributed by atoms with E-state index in [1.54, 1.807) is 12.1 Å². The molecule has 0 aliphatic rings. The Labute approximate surface area is 177 Å². The Morgan fingerprint density at radius 1 is 0.800 bits per heavy atom. The van der Waals surface area contributed by atoms with Gasteiger partial charge in [-0.1, -0.05) is 84.6 Å². The summed E-state index contributed by atoms with van der Waals surface area (Å²) >= 11 is 1.15. The highest BCUT2D eigenvalue weighted by Gasteiger charge is 2.15. The number of amides is 1. The topological polar surface area (TPSA) is 67.8 Å². The molecule has 0 saturated carbocycles. The molecule has 0 radical (unpaired) electrons. The number of aromatic nitrogens is 3. The van der Waals surface area contributed by atoms with Crippen LogP contribution in [-0.2, 0) is 4.79 Å². The third-order valence-electron chi connectivity index (χ3n) is 4.24. The van der Waals surface area contributed by atoms with E-state index in [0.717, 1.165) is 22.9 Å². The number of para-hydroxylation sites is 1. The van der Waals surface area contributed by atoms with Crippen molar-refractivity contribution in [2.75, 3.05) is 11.1 Å². The third kappa shape index (κ3) is 4.69. The van der Waals surface area contributed by atoms with Gasteiger partial charge in [-0.15, -0.1) is 10.2 Å². The van der Waals surface area contributed by atoms with Crippen molar-refractivity contribution in [2.24, 2.45) is 0 Å². The Bertz CT molecular complexity index is 1160. The van der Waals surface area contributed by atoms with Crippen LogP contribution in [0.15, 0.2) is 90.1 Å². The molecular formula is C23H17FN4OS. The molecule has 4 rings (SSSR count). The lowest BCUT2D eigenvalue weighted by Gasteiger charge is -2.09. The summed E-state index contributed by atoms with van der Waals surface area (Å²) in [5.41, 5.74) is 3.32. The van der Waals surface area contributed by atoms with Gasteiger partial charge >= 0.3 is 0 Å². The Kier molecular flexibility index (Phi) is 6.10. The van der Waals surface area contributed by atoms with Gasteiger partial charge in [0, 0.05) is 11.1 Å². The lowest BCUT2D eigenvalue weighted by molar-refractivity contribution is -0.113. The summed E-state index contributed by atoms with van der Waals surface area (Å²) in [4.78, 5) is 16.9. The highest BCUT2D eigenvalue weighted by atomic mass is 32.2. The number of nitrogens with zero attached hydrogens (tertiary/aromatic N) is 3. The molecule has 0 fully saturated rings. The van der Waals surface area contributed by atoms with Crippen molar-refractivity contribution >= 4 is 23.4 Å². The molecule has 148 valence electrons. The summed E-state index contributed by atoms with van der Waals surface area (Å²) in [6.45, 7) is 0. The van der Waals surface area contributed by atoms with E-state index in [0.29, 0.717) is 16.5 Å². The molecule has 3 aromatic carbocycles. The first kappa shape index (κ1) is 19.7. The third-order valence-corrected chi connectivity index (χ3v) is 5.08. The van der Waals surface area contributed by atoms with E-state index in [9.17, 15) is 9.18 Å². The second-order valence-electron chi connectivity index (χ2n) is 6.34. The lowest BCUT2D eigenvalue weighted by Crippen LogP contribution is -2.15. The summed E-state index contributed by atoms with van der Waals surface area (Å²) in [5.74, 6) is -0.788. The van der Waals surface area contributed by atoms with Crippen molar-refractivity contribution in [3.8, 4) is 22.5 Å². The van der Waals surface area contributed by atoms with Crippen LogP contribution in [0.4, 0.5) is 10.1 Å². The average Bonchev–Trinajstić information content (AvgIpc) is 2.80. The number of hydrogen-bond donors (Lipinski definition) is 1. The number of nitrogens with one attached hydrogen (secondary N) is 1. The largest absolute Gasteiger partial charge is 0.323 e. The number of rotatable bonds is 6. The maximum absolute atomic E-state index is 13.7. The second kappa shape index (κ2) is 9.28. The van der Waals surface area contributed by atoms with E-state index in [1.807, 2.05) is 60.7 Å². The van der Waals surface area contributed by atoms with Crippen LogP contribution in [0.3, 0.4) is 0 Å². The van der Waals surface area contributed by atoms with Gasteiger partial charge in [0.15, 0.2) is 0 Å². The fraction of sp³-hybridized carbons (Fsp3) is 0.0435. The van der Waals surface area contributed by atoms with E-state index in [2.05, 4.69) is 20.5 Å². The highest BCUT2D eigenvalue weighted by Crippen LogP contribution is 2.29. The Morgan fingerprint density at radius 2 is 1.40 bits per heavy atom. The summed E-state index contributed by atoms with van der Waals surface area (Å²) < 4.78 is 13.7. The second-order valence-corrected chi connectivity index (χ2v) is 7.28. The first-order valence-electron chi connectivity index (χ1n) is 9.23. The summed E-state index contributed by atoms with van der Waals surface area (Å²) in [6.07, 6.45) is 0. The van der Waals surface area contributed by atoms with Gasteiger partial charge in [-0.3, -0.25) is 4.79 Å². The van der Waals surface area contributed by atoms with E-state index in [1.165, 1.54) is 12.1 Å². The minimum atomic E-state index is -0.479. The van der Waals surface area contributed by atoms with Crippen LogP contribution in [0.1, 0.15) is 0 Å². The number of anilines is 1. The Hall–Kier alpha value is -3.58. The number of carbonyl (C=O) groups is 1. The van der Waals surface area contributed by atoms with Crippen LogP contribution in [-0.4, -0.2) is 26.8 Å². The first-order valence-corrected chi connectivity index (χ1v) is 10.2. The maximum Gasteiger partial charge on any atom is 0.234 e. The molecule has 4 aromatic rings. The van der Waals surface area contributed by atoms with Crippen molar-refractivity contribution in [1.82, 2.24) is 15.2 Å². The van der Waals surface area contributed by atoms with Crippen molar-refractivity contribution in [1.29, 1.82) is 0 Å². The van der Waals surface area contributed by atoms with Crippen molar-refractivity contribution in [3.63, 3.8) is 0 Å². The van der Waals surface area contributed by atoms with Gasteiger partial charge in [0.05, 0.1) is 11.4 Å². The molecule has 0 bridgehead atoms. The molecular weight excluding hydrogens is 399 g/mol. The van der Waals surface area contributed by atoms with Crippen LogP contribution in [0.2, 0.25) is 0 Å². The standard InChI is InChI=1S/C23H17FN4OS/c24-18-13-7-8-14-19(18)25-20(29)15-30-23-26-21(16-9-3-1-4-10-16)22(27-28-23)17-11-5-2-6-12-17/h1-14H,15H2,(H,25,29). The number of thioether (sulfide) groups is 1. The SMILES string of the molecule is O=C(CSc1nnc(-c2ccccc2)c(-c2ccccc2)n1)Nc1ccccc1F. The van der Waals surface area contributed by atoms with Gasteiger partial charge < -0.3 is 5.32 Å². The fourth-order valence-corrected chi connectivity index (χ4v) is 3.43. The summed E-state index contributed by atoms with van der Waals surface area (Å²) in [6, 6.07) is 25.4. The minimum absolute atomic E-state index is 0.0366. The van der Waals surface area contributed by atoms with E-state index < -0.39 is 5.82 Å². The van der Waals surface area contributed by atoms with Gasteiger partial charge in [-0.25, -0.2) is 9.37 Å². The zero-order chi connectivity index (χ0) is 20.8. The summed E-state index contributed by atoms with van der Waals surface area (Å²) in [7, 11) is 0. The van der Waals surface area contributed by atoms with Gasteiger partial charge in [0.2, 0.25) is 11.1 Å². The molecule has 0 atom stereocenters. The van der Waals surface area contributed by atoms with E-state index in [4.69, 9.17) is 0 Å². The van der Waals surface area contributed by atoms with Crippen LogP contribution in [0.5, 0.6) is 0 Å². The number of carbonyl (C=O) groups excluding carboxylic acids is 1. The molecule has 0 aliphatic carbocycles. The Balaban J connectivity index is 1.56. The van der Waals surface area contributed by atoms with E-state index >= 15 is 0 Å². The average molecular weight is 416 g/mol. The molecule has 5 nitrogen and oxygen atoms in total. The molecule has 0 aliphatic heterocycles. The smallest absolute Gasteiger partial charge is 0.234 e. The molecule has 1 amide bonds. The molecule has 1 N–H and O–H groups in total. The number of benzene rings is 3. The van der Waals surface area contributed by atoms with Crippen LogP contribution >= 0.6 is 11.8 Å². The highest BCUT2D eigenvalue weighted by molar-refractivity contribution is 7.99. The minimum Gasteiger partial charge on any atom is -0.323 e. The lowest BCUT2D eigenvalue weighted by atomic mass is 10.0. The zero-order valence-electron chi connectivity index (χ0n) is 15.8. The first-order chi connectivity index (χ1) is 14.7. The van der Waals surface area contributed by atoms with Crippen LogP contribution in [0, 0.1) is 5.82 Å². The summed E-state index contributed by atoms with van der Waals surface area (Å²) in [5, 5.41) is 11.5. The van der Waals surface area contributed by atoms with Gasteiger partial charge in [0.1, 0.15) is 17.2 Å². The number of hydrogen-bond acceptors (Lipinski definition) is 5.